The fourth-order valence-corrected chi connectivity index (χ4v) is 6.82. The van der Waals surface area contributed by atoms with Crippen LogP contribution in [0.4, 0.5) is 14.5 Å². The van der Waals surface area contributed by atoms with Crippen LogP contribution in [0.3, 0.4) is 0 Å². The van der Waals surface area contributed by atoms with Gasteiger partial charge in [0.1, 0.15) is 18.0 Å². The molecule has 1 aromatic heterocycles. The van der Waals surface area contributed by atoms with Gasteiger partial charge in [-0.25, -0.2) is 10.4 Å². The van der Waals surface area contributed by atoms with Crippen molar-refractivity contribution in [2.24, 2.45) is 4.99 Å². The van der Waals surface area contributed by atoms with E-state index in [1.165, 1.54) is 10.7 Å². The first-order chi connectivity index (χ1) is 23.2. The Kier molecular flexibility index (Phi) is 11.1. The van der Waals surface area contributed by atoms with Gasteiger partial charge in [-0.15, -0.1) is 11.8 Å². The topological polar surface area (TPSA) is 120 Å². The number of nitrogens with zero attached hydrogens (tertiary/aromatic N) is 7. The van der Waals surface area contributed by atoms with Crippen molar-refractivity contribution in [2.75, 3.05) is 77.4 Å². The number of halogens is 2. The summed E-state index contributed by atoms with van der Waals surface area (Å²) in [5.41, 5.74) is 4.23. The molecule has 0 bridgehead atoms. The molecular weight excluding hydrogens is 644 g/mol. The molecule has 2 aromatic rings. The molecule has 13 nitrogen and oxygen atoms in total. The summed E-state index contributed by atoms with van der Waals surface area (Å²) in [6, 6.07) is 4.91. The third kappa shape index (κ3) is 8.41. The smallest absolute Gasteiger partial charge is 0.387 e. The number of fused-ring (bicyclic) bond motifs is 1. The number of allylic oxidation sites excluding steroid dienone is 1. The van der Waals surface area contributed by atoms with Crippen LogP contribution in [0.15, 0.2) is 58.0 Å². The van der Waals surface area contributed by atoms with Gasteiger partial charge in [0.2, 0.25) is 5.91 Å². The third-order valence-electron chi connectivity index (χ3n) is 8.38. The number of hydrazine groups is 1. The second kappa shape index (κ2) is 15.6. The van der Waals surface area contributed by atoms with Crippen molar-refractivity contribution in [3.63, 3.8) is 0 Å². The Morgan fingerprint density at radius 3 is 2.56 bits per heavy atom. The Morgan fingerprint density at radius 2 is 1.83 bits per heavy atom. The Balaban J connectivity index is 1.21. The lowest BCUT2D eigenvalue weighted by atomic mass is 10.1. The average molecular weight is 686 g/mol. The van der Waals surface area contributed by atoms with Crippen LogP contribution in [0, 0.1) is 0 Å². The maximum Gasteiger partial charge on any atom is 0.387 e. The van der Waals surface area contributed by atoms with Gasteiger partial charge in [0.05, 0.1) is 24.5 Å². The van der Waals surface area contributed by atoms with E-state index >= 15 is 0 Å². The summed E-state index contributed by atoms with van der Waals surface area (Å²) < 4.78 is 38.9. The molecule has 4 aliphatic heterocycles. The first-order valence-corrected chi connectivity index (χ1v) is 17.0. The van der Waals surface area contributed by atoms with Crippen molar-refractivity contribution in [2.45, 2.75) is 37.1 Å². The number of anilines is 1. The quantitative estimate of drug-likeness (QED) is 0.323. The zero-order valence-corrected chi connectivity index (χ0v) is 27.9. The van der Waals surface area contributed by atoms with E-state index in [1.807, 2.05) is 18.7 Å². The lowest BCUT2D eigenvalue weighted by Gasteiger charge is -2.36. The molecule has 16 heteroatoms. The number of rotatable bonds is 12. The largest absolute Gasteiger partial charge is 0.434 e. The number of aromatic nitrogens is 2. The Morgan fingerprint density at radius 1 is 1.08 bits per heavy atom. The van der Waals surface area contributed by atoms with Crippen LogP contribution < -0.4 is 15.5 Å². The number of benzene rings is 1. The summed E-state index contributed by atoms with van der Waals surface area (Å²) >= 11 is 1.55. The number of nitrogens with one attached hydrogen (secondary N) is 2. The Hall–Kier alpha value is -3.83. The standard InChI is InChI=1S/C32H41F2N9O4S/c1-22(2)48-23-4-5-27(47-32(33)34)24(18-23)29-26(37-31(45)25-19-36-43-7-3-6-35-30(25)43)20-42(38-29)21-28(44)41-12-10-39(11-13-41)8-9-40-14-16-46-17-15-40/h3-7,18,20,22,32,36H,8-17,19,21H2,1-2H3,(H,37,45). The highest BCUT2D eigenvalue weighted by atomic mass is 32.2. The van der Waals surface area contributed by atoms with E-state index in [9.17, 15) is 18.4 Å². The summed E-state index contributed by atoms with van der Waals surface area (Å²) in [6.07, 6.45) is 6.66. The molecule has 0 unspecified atom stereocenters. The predicted molar refractivity (Wildman–Crippen MR) is 179 cm³/mol. The normalized spacial score (nSPS) is 18.7. The number of hydrogen-bond donors (Lipinski definition) is 2. The zero-order chi connectivity index (χ0) is 33.6. The van der Waals surface area contributed by atoms with Crippen LogP contribution >= 0.6 is 11.8 Å². The summed E-state index contributed by atoms with van der Waals surface area (Å²) in [4.78, 5) is 38.8. The van der Waals surface area contributed by atoms with Crippen molar-refractivity contribution < 1.29 is 27.8 Å². The molecule has 0 atom stereocenters. The summed E-state index contributed by atoms with van der Waals surface area (Å²) in [5, 5.41) is 9.46. The number of carbonyl (C=O) groups is 2. The molecule has 258 valence electrons. The first-order valence-electron chi connectivity index (χ1n) is 16.1. The van der Waals surface area contributed by atoms with Crippen LogP contribution in [0.2, 0.25) is 0 Å². The average Bonchev–Trinajstić information content (AvgIpc) is 3.68. The number of aliphatic imine (C=N–C) groups is 1. The van der Waals surface area contributed by atoms with Crippen LogP contribution in [0.1, 0.15) is 13.8 Å². The number of morpholine rings is 1. The van der Waals surface area contributed by atoms with Gasteiger partial charge in [0.15, 0.2) is 5.82 Å². The van der Waals surface area contributed by atoms with Crippen molar-refractivity contribution >= 4 is 35.5 Å². The maximum atomic E-state index is 13.6. The Bertz CT molecular complexity index is 1570. The molecule has 6 rings (SSSR count). The Labute approximate surface area is 282 Å². The van der Waals surface area contributed by atoms with Gasteiger partial charge in [0.25, 0.3) is 5.91 Å². The van der Waals surface area contributed by atoms with Crippen LogP contribution in [0.5, 0.6) is 5.75 Å². The SMILES string of the molecule is CC(C)Sc1ccc(OC(F)F)c(-c2nn(CC(=O)N3CCN(CCN4CCOCC4)CC3)cc2NC(=O)C2=C3N=CC=CN3NC2)c1. The fourth-order valence-electron chi connectivity index (χ4n) is 5.94. The summed E-state index contributed by atoms with van der Waals surface area (Å²) in [5.74, 6) is -0.181. The van der Waals surface area contributed by atoms with Gasteiger partial charge in [-0.2, -0.15) is 13.9 Å². The van der Waals surface area contributed by atoms with E-state index in [0.717, 1.165) is 57.4 Å². The number of alkyl halides is 2. The van der Waals surface area contributed by atoms with E-state index in [-0.39, 0.29) is 46.9 Å². The van der Waals surface area contributed by atoms with Gasteiger partial charge >= 0.3 is 6.61 Å². The zero-order valence-electron chi connectivity index (χ0n) is 27.1. The number of thioether (sulfide) groups is 1. The van der Waals surface area contributed by atoms with Crippen molar-refractivity contribution in [3.8, 4) is 17.0 Å². The number of carbonyl (C=O) groups excluding carboxylic acids is 2. The number of piperazine rings is 1. The second-order valence-corrected chi connectivity index (χ2v) is 13.7. The molecule has 0 radical (unpaired) electrons. The van der Waals surface area contributed by atoms with E-state index in [0.29, 0.717) is 24.5 Å². The lowest BCUT2D eigenvalue weighted by molar-refractivity contribution is -0.133. The molecule has 0 saturated carbocycles. The van der Waals surface area contributed by atoms with Crippen molar-refractivity contribution in [1.29, 1.82) is 0 Å². The molecule has 1 aromatic carbocycles. The molecule has 0 aliphatic carbocycles. The highest BCUT2D eigenvalue weighted by Crippen LogP contribution is 2.39. The van der Waals surface area contributed by atoms with Gasteiger partial charge < -0.3 is 19.7 Å². The van der Waals surface area contributed by atoms with Gasteiger partial charge in [-0.1, -0.05) is 13.8 Å². The van der Waals surface area contributed by atoms with E-state index < -0.39 is 12.5 Å². The molecule has 2 saturated heterocycles. The molecule has 5 heterocycles. The van der Waals surface area contributed by atoms with E-state index in [2.05, 4.69) is 30.6 Å². The summed E-state index contributed by atoms with van der Waals surface area (Å²) in [6.45, 7) is 9.24. The highest BCUT2D eigenvalue weighted by Gasteiger charge is 2.29. The molecule has 0 spiro atoms. The van der Waals surface area contributed by atoms with Crippen LogP contribution in [-0.4, -0.2) is 131 Å². The van der Waals surface area contributed by atoms with Gasteiger partial charge in [0, 0.05) is 93.2 Å². The monoisotopic (exact) mass is 685 g/mol. The maximum absolute atomic E-state index is 13.6. The predicted octanol–water partition coefficient (Wildman–Crippen LogP) is 2.70. The number of amides is 2. The molecular formula is C32H41F2N9O4S. The molecule has 2 fully saturated rings. The molecule has 2 N–H and O–H groups in total. The van der Waals surface area contributed by atoms with Crippen molar-refractivity contribution in [1.82, 2.24) is 34.9 Å². The first kappa shape index (κ1) is 34.0. The second-order valence-electron chi connectivity index (χ2n) is 12.0. The van der Waals surface area contributed by atoms with Crippen LogP contribution in [0.25, 0.3) is 11.3 Å². The lowest BCUT2D eigenvalue weighted by Crippen LogP contribution is -2.51. The van der Waals surface area contributed by atoms with Gasteiger partial charge in [-0.05, 0) is 24.3 Å². The van der Waals surface area contributed by atoms with Gasteiger partial charge in [-0.3, -0.25) is 29.1 Å². The summed E-state index contributed by atoms with van der Waals surface area (Å²) in [7, 11) is 0. The number of ether oxygens (including phenoxy) is 2. The fraction of sp³-hybridized carbons (Fsp3) is 0.500. The minimum Gasteiger partial charge on any atom is -0.434 e. The number of hydrogen-bond acceptors (Lipinski definition) is 11. The third-order valence-corrected chi connectivity index (χ3v) is 9.38. The molecule has 4 aliphatic rings. The molecule has 48 heavy (non-hydrogen) atoms. The minimum atomic E-state index is -3.07. The molecule has 2 amide bonds. The van der Waals surface area contributed by atoms with Crippen LogP contribution in [-0.2, 0) is 20.9 Å². The highest BCUT2D eigenvalue weighted by molar-refractivity contribution is 7.99. The van der Waals surface area contributed by atoms with E-state index in [4.69, 9.17) is 9.47 Å². The minimum absolute atomic E-state index is 0.0828. The van der Waals surface area contributed by atoms with Crippen molar-refractivity contribution in [3.05, 3.63) is 48.1 Å². The van der Waals surface area contributed by atoms with E-state index in [1.54, 1.807) is 53.6 Å².